The topological polar surface area (TPSA) is 32.3 Å². The van der Waals surface area contributed by atoms with E-state index < -0.39 is 0 Å². The van der Waals surface area contributed by atoms with Crippen LogP contribution in [-0.4, -0.2) is 5.11 Å². The van der Waals surface area contributed by atoms with E-state index in [1.165, 1.54) is 22.3 Å². The van der Waals surface area contributed by atoms with Crippen molar-refractivity contribution in [3.05, 3.63) is 58.7 Å². The number of phenolic OH excluding ortho intramolecular Hbond substituents is 1. The van der Waals surface area contributed by atoms with Crippen molar-refractivity contribution in [1.29, 1.82) is 0 Å². The number of rotatable bonds is 3. The maximum absolute atomic E-state index is 9.41. The van der Waals surface area contributed by atoms with Gasteiger partial charge in [-0.15, -0.1) is 0 Å². The number of anilines is 1. The van der Waals surface area contributed by atoms with Gasteiger partial charge in [-0.05, 0) is 55.2 Å². The fourth-order valence-electron chi connectivity index (χ4n) is 2.02. The largest absolute Gasteiger partial charge is 0.508 e. The summed E-state index contributed by atoms with van der Waals surface area (Å²) in [6.45, 7) is 7.17. The lowest BCUT2D eigenvalue weighted by Crippen LogP contribution is -2.02. The van der Waals surface area contributed by atoms with Gasteiger partial charge < -0.3 is 10.4 Å². The van der Waals surface area contributed by atoms with E-state index in [-0.39, 0.29) is 5.75 Å². The summed E-state index contributed by atoms with van der Waals surface area (Å²) in [6, 6.07) is 11.6. The van der Waals surface area contributed by atoms with Crippen molar-refractivity contribution in [3.8, 4) is 5.75 Å². The Bertz CT molecular complexity index is 561. The molecule has 0 saturated heterocycles. The van der Waals surface area contributed by atoms with Crippen LogP contribution in [0.2, 0.25) is 0 Å². The zero-order valence-corrected chi connectivity index (χ0v) is 11.1. The molecule has 0 unspecified atom stereocenters. The first kappa shape index (κ1) is 12.5. The molecule has 0 heterocycles. The van der Waals surface area contributed by atoms with Crippen LogP contribution in [0.4, 0.5) is 5.69 Å². The molecular formula is C16H19NO. The summed E-state index contributed by atoms with van der Waals surface area (Å²) in [7, 11) is 0. The van der Waals surface area contributed by atoms with Crippen molar-refractivity contribution in [1.82, 2.24) is 0 Å². The Morgan fingerprint density at radius 2 is 1.67 bits per heavy atom. The summed E-state index contributed by atoms with van der Waals surface area (Å²) < 4.78 is 0. The van der Waals surface area contributed by atoms with Crippen LogP contribution in [0.1, 0.15) is 22.3 Å². The number of aromatic hydroxyl groups is 1. The van der Waals surface area contributed by atoms with Gasteiger partial charge in [0.25, 0.3) is 0 Å². The summed E-state index contributed by atoms with van der Waals surface area (Å²) in [5.41, 5.74) is 6.17. The molecule has 2 rings (SSSR count). The highest BCUT2D eigenvalue weighted by Gasteiger charge is 2.02. The summed E-state index contributed by atoms with van der Waals surface area (Å²) in [6.07, 6.45) is 0. The van der Waals surface area contributed by atoms with Gasteiger partial charge in [0.05, 0.1) is 0 Å². The maximum Gasteiger partial charge on any atom is 0.117 e. The lowest BCUT2D eigenvalue weighted by Gasteiger charge is -2.12. The molecule has 0 amide bonds. The molecule has 94 valence electrons. The highest BCUT2D eigenvalue weighted by Crippen LogP contribution is 2.19. The Morgan fingerprint density at radius 1 is 0.944 bits per heavy atom. The van der Waals surface area contributed by atoms with Gasteiger partial charge in [-0.2, -0.15) is 0 Å². The summed E-state index contributed by atoms with van der Waals surface area (Å²) >= 11 is 0. The average Bonchev–Trinajstić information content (AvgIpc) is 2.32. The number of nitrogens with one attached hydrogen (secondary N) is 1. The Kier molecular flexibility index (Phi) is 3.56. The van der Waals surface area contributed by atoms with E-state index in [1.54, 1.807) is 12.1 Å². The van der Waals surface area contributed by atoms with Crippen LogP contribution in [0.25, 0.3) is 0 Å². The molecule has 0 bridgehead atoms. The monoisotopic (exact) mass is 241 g/mol. The third kappa shape index (κ3) is 2.83. The number of phenols is 1. The molecule has 0 aliphatic carbocycles. The fourth-order valence-corrected chi connectivity index (χ4v) is 2.02. The molecule has 2 N–H and O–H groups in total. The van der Waals surface area contributed by atoms with E-state index in [0.29, 0.717) is 0 Å². The van der Waals surface area contributed by atoms with Gasteiger partial charge in [0.2, 0.25) is 0 Å². The van der Waals surface area contributed by atoms with Gasteiger partial charge in [0.15, 0.2) is 0 Å². The van der Waals surface area contributed by atoms with Crippen LogP contribution in [0, 0.1) is 20.8 Å². The molecule has 0 spiro atoms. The standard InChI is InChI=1S/C16H19NO/c1-11-7-13(3)14(8-12(11)2)10-17-15-5-4-6-16(18)9-15/h4-9,17-18H,10H2,1-3H3. The van der Waals surface area contributed by atoms with Gasteiger partial charge in [-0.1, -0.05) is 18.2 Å². The Balaban J connectivity index is 2.13. The SMILES string of the molecule is Cc1cc(C)c(CNc2cccc(O)c2)cc1C. The predicted octanol–water partition coefficient (Wildman–Crippen LogP) is 3.93. The second kappa shape index (κ2) is 5.13. The Hall–Kier alpha value is -1.96. The molecule has 2 aromatic rings. The Labute approximate surface area is 108 Å². The molecule has 0 aliphatic heterocycles. The van der Waals surface area contributed by atoms with Crippen LogP contribution >= 0.6 is 0 Å². The van der Waals surface area contributed by atoms with Crippen LogP contribution in [0.15, 0.2) is 36.4 Å². The summed E-state index contributed by atoms with van der Waals surface area (Å²) in [5.74, 6) is 0.289. The zero-order valence-electron chi connectivity index (χ0n) is 11.1. The van der Waals surface area contributed by atoms with Crippen molar-refractivity contribution in [2.75, 3.05) is 5.32 Å². The van der Waals surface area contributed by atoms with E-state index in [9.17, 15) is 5.11 Å². The van der Waals surface area contributed by atoms with Crippen molar-refractivity contribution >= 4 is 5.69 Å². The molecule has 2 nitrogen and oxygen atoms in total. The van der Waals surface area contributed by atoms with E-state index in [4.69, 9.17) is 0 Å². The second-order valence-corrected chi connectivity index (χ2v) is 4.77. The summed E-state index contributed by atoms with van der Waals surface area (Å²) in [4.78, 5) is 0. The van der Waals surface area contributed by atoms with Gasteiger partial charge in [0.1, 0.15) is 5.75 Å². The quantitative estimate of drug-likeness (QED) is 0.853. The fraction of sp³-hybridized carbons (Fsp3) is 0.250. The third-order valence-electron chi connectivity index (χ3n) is 3.28. The molecule has 2 heteroatoms. The van der Waals surface area contributed by atoms with Crippen LogP contribution < -0.4 is 5.32 Å². The molecule has 0 radical (unpaired) electrons. The van der Waals surface area contributed by atoms with Crippen LogP contribution in [0.5, 0.6) is 5.75 Å². The van der Waals surface area contributed by atoms with Crippen molar-refractivity contribution < 1.29 is 5.11 Å². The number of hydrogen-bond donors (Lipinski definition) is 2. The van der Waals surface area contributed by atoms with E-state index >= 15 is 0 Å². The lowest BCUT2D eigenvalue weighted by molar-refractivity contribution is 0.475. The first-order chi connectivity index (χ1) is 8.56. The molecule has 2 aromatic carbocycles. The van der Waals surface area contributed by atoms with Gasteiger partial charge in [0, 0.05) is 18.3 Å². The van der Waals surface area contributed by atoms with Crippen molar-refractivity contribution in [2.45, 2.75) is 27.3 Å². The predicted molar refractivity (Wildman–Crippen MR) is 76.1 cm³/mol. The minimum atomic E-state index is 0.289. The zero-order chi connectivity index (χ0) is 13.1. The van der Waals surface area contributed by atoms with Crippen LogP contribution in [0.3, 0.4) is 0 Å². The minimum absolute atomic E-state index is 0.289. The molecule has 0 aromatic heterocycles. The van der Waals surface area contributed by atoms with Gasteiger partial charge in [-0.25, -0.2) is 0 Å². The number of aryl methyl sites for hydroxylation is 3. The Morgan fingerprint density at radius 3 is 2.39 bits per heavy atom. The van der Waals surface area contributed by atoms with E-state index in [1.807, 2.05) is 12.1 Å². The van der Waals surface area contributed by atoms with Crippen LogP contribution in [-0.2, 0) is 6.54 Å². The number of benzene rings is 2. The van der Waals surface area contributed by atoms with Crippen molar-refractivity contribution in [3.63, 3.8) is 0 Å². The molecule has 0 fully saturated rings. The minimum Gasteiger partial charge on any atom is -0.508 e. The molecule has 0 aliphatic rings. The highest BCUT2D eigenvalue weighted by molar-refractivity contribution is 5.49. The normalized spacial score (nSPS) is 10.4. The third-order valence-corrected chi connectivity index (χ3v) is 3.28. The van der Waals surface area contributed by atoms with Gasteiger partial charge in [-0.3, -0.25) is 0 Å². The molecular weight excluding hydrogens is 222 g/mol. The van der Waals surface area contributed by atoms with E-state index in [2.05, 4.69) is 38.2 Å². The van der Waals surface area contributed by atoms with Crippen molar-refractivity contribution in [2.24, 2.45) is 0 Å². The molecule has 18 heavy (non-hydrogen) atoms. The first-order valence-corrected chi connectivity index (χ1v) is 6.16. The number of hydrogen-bond acceptors (Lipinski definition) is 2. The van der Waals surface area contributed by atoms with Gasteiger partial charge >= 0.3 is 0 Å². The lowest BCUT2D eigenvalue weighted by atomic mass is 10.0. The molecule has 0 atom stereocenters. The maximum atomic E-state index is 9.41. The summed E-state index contributed by atoms with van der Waals surface area (Å²) in [5, 5.41) is 12.7. The highest BCUT2D eigenvalue weighted by atomic mass is 16.3. The average molecular weight is 241 g/mol. The first-order valence-electron chi connectivity index (χ1n) is 6.16. The second-order valence-electron chi connectivity index (χ2n) is 4.77. The van der Waals surface area contributed by atoms with E-state index in [0.717, 1.165) is 12.2 Å². The smallest absolute Gasteiger partial charge is 0.117 e. The molecule has 0 saturated carbocycles.